The number of carbonyl (C=O) groups is 2. The van der Waals surface area contributed by atoms with Crippen molar-refractivity contribution in [2.24, 2.45) is 0 Å². The van der Waals surface area contributed by atoms with Crippen LogP contribution in [0.1, 0.15) is 13.8 Å². The predicted molar refractivity (Wildman–Crippen MR) is 222 cm³/mol. The van der Waals surface area contributed by atoms with E-state index in [1.807, 2.05) is 0 Å². The van der Waals surface area contributed by atoms with Gasteiger partial charge in [0.05, 0.1) is 39.6 Å². The topological polar surface area (TPSA) is 524 Å². The molecular formula is C40H68N2O31. The summed E-state index contributed by atoms with van der Waals surface area (Å²) >= 11 is 0. The van der Waals surface area contributed by atoms with Crippen LogP contribution in [0.3, 0.4) is 0 Å². The lowest BCUT2D eigenvalue weighted by molar-refractivity contribution is -0.389. The lowest BCUT2D eigenvalue weighted by atomic mass is 9.94. The van der Waals surface area contributed by atoms with Crippen LogP contribution in [0.2, 0.25) is 0 Å². The van der Waals surface area contributed by atoms with Gasteiger partial charge in [0.15, 0.2) is 37.7 Å². The summed E-state index contributed by atoms with van der Waals surface area (Å²) in [5.74, 6) is -1.56. The minimum Gasteiger partial charge on any atom is -0.394 e. The van der Waals surface area contributed by atoms with E-state index in [0.717, 1.165) is 13.8 Å². The SMILES string of the molecule is CC(=O)N[C@@H]1[C@@H](O)[C@H](O[C@@H]2O[C@H](CO)[C@@H](O[C@H]3O[C@H](CO[C@H]4O[C@H](CO)[C@@H](O)[C@H](O)[C@@H]4O[C@H]4O[C@H](CO)[C@@H](O)[C@H](O)[C@@H]4O)[C@@H](O)[C@H](O[C@H]4O[C@H](CO)[C@@H](O)[C@H](O)[C@@H]4O)[C@@H]3O)[C@H](O)[C@H]2NC(C)=O)[C@@H](CO)O[C@H]1O. The second kappa shape index (κ2) is 26.0. The number of nitrogens with one attached hydrogen (secondary N) is 2. The van der Waals surface area contributed by atoms with E-state index < -0.39 is 236 Å². The molecule has 0 aromatic heterocycles. The molecule has 0 spiro atoms. The van der Waals surface area contributed by atoms with Gasteiger partial charge in [0.25, 0.3) is 0 Å². The maximum atomic E-state index is 12.6. The van der Waals surface area contributed by atoms with E-state index in [9.17, 15) is 102 Å². The third-order valence-corrected chi connectivity index (χ3v) is 13.2. The number of carbonyl (C=O) groups excluding carboxylic acids is 2. The third kappa shape index (κ3) is 13.0. The maximum Gasteiger partial charge on any atom is 0.217 e. The first-order valence-electron chi connectivity index (χ1n) is 23.1. The van der Waals surface area contributed by atoms with Gasteiger partial charge in [-0.25, -0.2) is 0 Å². The van der Waals surface area contributed by atoms with Crippen LogP contribution in [0.5, 0.6) is 0 Å². The molecule has 73 heavy (non-hydrogen) atoms. The Morgan fingerprint density at radius 3 is 1.22 bits per heavy atom. The van der Waals surface area contributed by atoms with Crippen molar-refractivity contribution in [3.05, 3.63) is 0 Å². The van der Waals surface area contributed by atoms with Crippen molar-refractivity contribution in [3.63, 3.8) is 0 Å². The van der Waals surface area contributed by atoms with Gasteiger partial charge in [0.1, 0.15) is 146 Å². The van der Waals surface area contributed by atoms with Crippen molar-refractivity contribution in [3.8, 4) is 0 Å². The quantitative estimate of drug-likeness (QED) is 0.0606. The monoisotopic (exact) mass is 1070 g/mol. The Morgan fingerprint density at radius 1 is 0.356 bits per heavy atom. The van der Waals surface area contributed by atoms with Crippen LogP contribution < -0.4 is 10.6 Å². The minimum atomic E-state index is -2.28. The molecule has 0 radical (unpaired) electrons. The van der Waals surface area contributed by atoms with Gasteiger partial charge in [-0.2, -0.15) is 0 Å². The Labute approximate surface area is 413 Å². The van der Waals surface area contributed by atoms with Crippen LogP contribution in [-0.2, 0) is 61.7 Å². The van der Waals surface area contributed by atoms with Gasteiger partial charge >= 0.3 is 0 Å². The number of rotatable bonds is 18. The Balaban J connectivity index is 1.29. The van der Waals surface area contributed by atoms with Gasteiger partial charge in [-0.15, -0.1) is 0 Å². The fourth-order valence-corrected chi connectivity index (χ4v) is 9.20. The molecule has 33 nitrogen and oxygen atoms in total. The minimum absolute atomic E-state index is 0.718. The van der Waals surface area contributed by atoms with E-state index in [2.05, 4.69) is 10.6 Å². The molecule has 20 N–H and O–H groups in total. The molecule has 2 amide bonds. The first-order valence-corrected chi connectivity index (χ1v) is 23.1. The van der Waals surface area contributed by atoms with Crippen molar-refractivity contribution in [1.29, 1.82) is 0 Å². The molecule has 6 aliphatic heterocycles. The Morgan fingerprint density at radius 2 is 0.726 bits per heavy atom. The van der Waals surface area contributed by atoms with Crippen LogP contribution in [0.25, 0.3) is 0 Å². The summed E-state index contributed by atoms with van der Waals surface area (Å²) in [6, 6.07) is -3.30. The van der Waals surface area contributed by atoms with E-state index in [-0.39, 0.29) is 0 Å². The molecule has 6 saturated heterocycles. The van der Waals surface area contributed by atoms with Crippen LogP contribution >= 0.6 is 0 Å². The van der Waals surface area contributed by atoms with Crippen molar-refractivity contribution in [2.75, 3.05) is 39.6 Å². The molecule has 33 heteroatoms. The maximum absolute atomic E-state index is 12.6. The Hall–Kier alpha value is -2.22. The average Bonchev–Trinajstić information content (AvgIpc) is 3.35. The fourth-order valence-electron chi connectivity index (χ4n) is 9.20. The number of aliphatic hydroxyl groups is 18. The predicted octanol–water partition coefficient (Wildman–Crippen LogP) is -13.8. The van der Waals surface area contributed by atoms with E-state index in [1.165, 1.54) is 0 Å². The van der Waals surface area contributed by atoms with Gasteiger partial charge in [0, 0.05) is 13.8 Å². The lowest BCUT2D eigenvalue weighted by Gasteiger charge is -2.50. The molecule has 0 unspecified atom stereocenters. The average molecular weight is 1070 g/mol. The molecule has 0 aromatic rings. The zero-order valence-corrected chi connectivity index (χ0v) is 38.9. The number of amides is 2. The molecule has 0 bridgehead atoms. The number of hydrogen-bond donors (Lipinski definition) is 20. The summed E-state index contributed by atoms with van der Waals surface area (Å²) in [6.45, 7) is -3.66. The smallest absolute Gasteiger partial charge is 0.217 e. The second-order valence-corrected chi connectivity index (χ2v) is 18.3. The van der Waals surface area contributed by atoms with Crippen LogP contribution in [-0.4, -0.2) is 327 Å². The molecule has 30 atom stereocenters. The molecule has 6 aliphatic rings. The number of aliphatic hydroxyl groups excluding tert-OH is 18. The number of hydrogen-bond acceptors (Lipinski definition) is 31. The summed E-state index contributed by atoms with van der Waals surface area (Å²) in [5.41, 5.74) is 0. The van der Waals surface area contributed by atoms with E-state index in [4.69, 9.17) is 52.1 Å². The fraction of sp³-hybridized carbons (Fsp3) is 0.950. The van der Waals surface area contributed by atoms with Gasteiger partial charge < -0.3 is 155 Å². The zero-order valence-electron chi connectivity index (χ0n) is 38.9. The van der Waals surface area contributed by atoms with Gasteiger partial charge in [-0.05, 0) is 0 Å². The Bertz CT molecular complexity index is 1750. The first-order chi connectivity index (χ1) is 34.5. The summed E-state index contributed by atoms with van der Waals surface area (Å²) in [7, 11) is 0. The summed E-state index contributed by atoms with van der Waals surface area (Å²) in [4.78, 5) is 24.5. The Kier molecular flexibility index (Phi) is 21.3. The van der Waals surface area contributed by atoms with Crippen molar-refractivity contribution in [1.82, 2.24) is 10.6 Å². The van der Waals surface area contributed by atoms with Crippen LogP contribution in [0.4, 0.5) is 0 Å². The highest BCUT2D eigenvalue weighted by Gasteiger charge is 2.57. The first kappa shape index (κ1) is 60.0. The largest absolute Gasteiger partial charge is 0.394 e. The highest BCUT2D eigenvalue weighted by atomic mass is 16.8. The van der Waals surface area contributed by atoms with Gasteiger partial charge in [-0.3, -0.25) is 9.59 Å². The highest BCUT2D eigenvalue weighted by Crippen LogP contribution is 2.36. The van der Waals surface area contributed by atoms with E-state index in [1.54, 1.807) is 0 Å². The lowest BCUT2D eigenvalue weighted by Crippen LogP contribution is -2.70. The third-order valence-electron chi connectivity index (χ3n) is 13.2. The molecular weight excluding hydrogens is 1000 g/mol. The van der Waals surface area contributed by atoms with Gasteiger partial charge in [0.2, 0.25) is 11.8 Å². The molecule has 424 valence electrons. The normalized spacial score (nSPS) is 49.8. The zero-order chi connectivity index (χ0) is 53.9. The highest BCUT2D eigenvalue weighted by molar-refractivity contribution is 5.73. The summed E-state index contributed by atoms with van der Waals surface area (Å²) < 4.78 is 62.8. The summed E-state index contributed by atoms with van der Waals surface area (Å²) in [5, 5.41) is 197. The van der Waals surface area contributed by atoms with Gasteiger partial charge in [-0.1, -0.05) is 0 Å². The molecule has 6 rings (SSSR count). The van der Waals surface area contributed by atoms with Crippen molar-refractivity contribution >= 4 is 11.8 Å². The molecule has 6 heterocycles. The summed E-state index contributed by atoms with van der Waals surface area (Å²) in [6.07, 6.45) is -53.8. The van der Waals surface area contributed by atoms with E-state index >= 15 is 0 Å². The van der Waals surface area contributed by atoms with E-state index in [0.29, 0.717) is 0 Å². The second-order valence-electron chi connectivity index (χ2n) is 18.3. The molecule has 0 aromatic carbocycles. The number of ether oxygens (including phenoxy) is 11. The van der Waals surface area contributed by atoms with Crippen LogP contribution in [0.15, 0.2) is 0 Å². The molecule has 0 saturated carbocycles. The van der Waals surface area contributed by atoms with Crippen molar-refractivity contribution in [2.45, 2.75) is 198 Å². The van der Waals surface area contributed by atoms with Crippen LogP contribution in [0, 0.1) is 0 Å². The molecule has 0 aliphatic carbocycles. The van der Waals surface area contributed by atoms with Crippen molar-refractivity contribution < 1.29 is 154 Å². The molecule has 6 fully saturated rings. The standard InChI is InChI=1S/C40H68N2O31/c1-9(48)41-17-23(54)31(14(6-46)64-35(17)62)70-36-18(42-10(2)49)24(55)32(15(7-47)68-36)71-39-30(61)33(72-37-28(59)25(56)19(50)11(3-43)65-37)22(53)16(69-39)8-63-40-34(27(58)21(52)13(5-45)67-40)73-38-29(60)26(57)20(51)12(4-44)66-38/h11-40,43-47,50-62H,3-8H2,1-2H3,(H,41,48)(H,42,49)/t11-,12-,13-,14-,15-,16-,17-,18-,19-,20-,21-,22-,23-,24-,25+,26+,27+,28+,29+,30+,31-,32-,33+,34+,35-,36+,37-,38-,39-,40+/m1/s1.